The third-order valence-electron chi connectivity index (χ3n) is 4.06. The Morgan fingerprint density at radius 3 is 2.60 bits per heavy atom. The van der Waals surface area contributed by atoms with Crippen LogP contribution >= 0.6 is 0 Å². The predicted octanol–water partition coefficient (Wildman–Crippen LogP) is 3.32. The van der Waals surface area contributed by atoms with Crippen molar-refractivity contribution in [1.82, 2.24) is 0 Å². The summed E-state index contributed by atoms with van der Waals surface area (Å²) in [6, 6.07) is 13.1. The molecule has 1 atom stereocenters. The average molecular weight is 288 g/mol. The van der Waals surface area contributed by atoms with E-state index in [4.69, 9.17) is 0 Å². The molecular weight excluding hydrogens is 272 g/mol. The van der Waals surface area contributed by atoms with E-state index in [0.29, 0.717) is 0 Å². The lowest BCUT2D eigenvalue weighted by Gasteiger charge is -2.16. The summed E-state index contributed by atoms with van der Waals surface area (Å²) in [4.78, 5) is -0.0255. The van der Waals surface area contributed by atoms with Crippen LogP contribution < -0.4 is 0 Å². The van der Waals surface area contributed by atoms with E-state index < -0.39 is 10.1 Å². The van der Waals surface area contributed by atoms with E-state index >= 15 is 0 Å². The number of hydrogen-bond acceptors (Lipinski definition) is 2. The van der Waals surface area contributed by atoms with Crippen LogP contribution in [0.15, 0.2) is 47.4 Å². The van der Waals surface area contributed by atoms with Crippen molar-refractivity contribution in [2.75, 3.05) is 0 Å². The van der Waals surface area contributed by atoms with E-state index in [0.717, 1.165) is 24.0 Å². The molecule has 0 saturated heterocycles. The Balaban J connectivity index is 2.12. The third kappa shape index (κ3) is 2.25. The molecule has 20 heavy (non-hydrogen) atoms. The van der Waals surface area contributed by atoms with Gasteiger partial charge >= 0.3 is 0 Å². The second kappa shape index (κ2) is 4.72. The van der Waals surface area contributed by atoms with Crippen LogP contribution in [0.4, 0.5) is 0 Å². The van der Waals surface area contributed by atoms with Crippen molar-refractivity contribution >= 4 is 10.1 Å². The zero-order valence-electron chi connectivity index (χ0n) is 11.2. The van der Waals surface area contributed by atoms with Gasteiger partial charge in [-0.3, -0.25) is 4.55 Å². The fraction of sp³-hybridized carbons (Fsp3) is 0.250. The first-order valence-corrected chi connectivity index (χ1v) is 8.06. The van der Waals surface area contributed by atoms with E-state index in [1.165, 1.54) is 17.2 Å². The first-order chi connectivity index (χ1) is 9.47. The summed E-state index contributed by atoms with van der Waals surface area (Å²) in [6.45, 7) is 1.98. The van der Waals surface area contributed by atoms with E-state index in [2.05, 4.69) is 12.1 Å². The molecule has 1 N–H and O–H groups in total. The quantitative estimate of drug-likeness (QED) is 0.862. The van der Waals surface area contributed by atoms with Gasteiger partial charge in [-0.25, -0.2) is 0 Å². The van der Waals surface area contributed by atoms with Crippen molar-refractivity contribution < 1.29 is 13.0 Å². The first-order valence-electron chi connectivity index (χ1n) is 6.62. The number of rotatable bonds is 2. The van der Waals surface area contributed by atoms with E-state index in [-0.39, 0.29) is 10.8 Å². The highest BCUT2D eigenvalue weighted by molar-refractivity contribution is 7.85. The molecule has 2 aromatic carbocycles. The van der Waals surface area contributed by atoms with Crippen molar-refractivity contribution in [2.45, 2.75) is 30.6 Å². The van der Waals surface area contributed by atoms with Crippen LogP contribution in [-0.4, -0.2) is 13.0 Å². The molecular formula is C16H16O3S. The Kier molecular flexibility index (Phi) is 3.15. The maximum Gasteiger partial charge on any atom is 0.294 e. The summed E-state index contributed by atoms with van der Waals surface area (Å²) in [5.74, 6) is 0.216. The van der Waals surface area contributed by atoms with Gasteiger partial charge in [-0.1, -0.05) is 30.3 Å². The van der Waals surface area contributed by atoms with Gasteiger partial charge in [0.05, 0.1) is 4.90 Å². The fourth-order valence-corrected chi connectivity index (χ4v) is 3.55. The molecule has 0 fully saturated rings. The van der Waals surface area contributed by atoms with Crippen molar-refractivity contribution in [3.8, 4) is 0 Å². The van der Waals surface area contributed by atoms with Crippen LogP contribution in [0, 0.1) is 6.92 Å². The minimum absolute atomic E-state index is 0.0255. The Bertz CT molecular complexity index is 763. The SMILES string of the molecule is Cc1ccc(S(=O)(=O)O)cc1C1CCc2ccccc21. The second-order valence-electron chi connectivity index (χ2n) is 5.28. The molecule has 0 amide bonds. The maximum atomic E-state index is 11.3. The standard InChI is InChI=1S/C16H16O3S/c1-11-6-8-13(20(17,18)19)10-16(11)15-9-7-12-4-2-3-5-14(12)15/h2-6,8,10,15H,7,9H2,1H3,(H,17,18,19). The van der Waals surface area contributed by atoms with E-state index in [1.54, 1.807) is 12.1 Å². The topological polar surface area (TPSA) is 54.4 Å². The highest BCUT2D eigenvalue weighted by atomic mass is 32.2. The maximum absolute atomic E-state index is 11.3. The summed E-state index contributed by atoms with van der Waals surface area (Å²) in [7, 11) is -4.15. The van der Waals surface area contributed by atoms with Crippen molar-refractivity contribution in [3.63, 3.8) is 0 Å². The molecule has 3 nitrogen and oxygen atoms in total. The predicted molar refractivity (Wildman–Crippen MR) is 77.6 cm³/mol. The smallest absolute Gasteiger partial charge is 0.282 e. The normalized spacial score (nSPS) is 18.0. The molecule has 0 bridgehead atoms. The Morgan fingerprint density at radius 2 is 1.85 bits per heavy atom. The minimum Gasteiger partial charge on any atom is -0.282 e. The van der Waals surface area contributed by atoms with E-state index in [1.807, 2.05) is 19.1 Å². The van der Waals surface area contributed by atoms with Crippen LogP contribution in [0.5, 0.6) is 0 Å². The lowest BCUT2D eigenvalue weighted by molar-refractivity contribution is 0.483. The number of benzene rings is 2. The average Bonchev–Trinajstić information content (AvgIpc) is 2.82. The lowest BCUT2D eigenvalue weighted by atomic mass is 9.90. The molecule has 2 aromatic rings. The second-order valence-corrected chi connectivity index (χ2v) is 6.71. The van der Waals surface area contributed by atoms with Gasteiger partial charge in [0.25, 0.3) is 10.1 Å². The van der Waals surface area contributed by atoms with Gasteiger partial charge < -0.3 is 0 Å². The van der Waals surface area contributed by atoms with Gasteiger partial charge in [0.15, 0.2) is 0 Å². The number of hydrogen-bond donors (Lipinski definition) is 1. The van der Waals surface area contributed by atoms with Gasteiger partial charge in [-0.15, -0.1) is 0 Å². The Morgan fingerprint density at radius 1 is 1.10 bits per heavy atom. The van der Waals surface area contributed by atoms with Crippen LogP contribution in [0.2, 0.25) is 0 Å². The molecule has 1 aliphatic carbocycles. The molecule has 0 spiro atoms. The van der Waals surface area contributed by atoms with Gasteiger partial charge in [-0.05, 0) is 54.2 Å². The monoisotopic (exact) mass is 288 g/mol. The highest BCUT2D eigenvalue weighted by Gasteiger charge is 2.25. The fourth-order valence-electron chi connectivity index (χ4n) is 3.03. The minimum atomic E-state index is -4.15. The summed E-state index contributed by atoms with van der Waals surface area (Å²) < 4.78 is 31.8. The summed E-state index contributed by atoms with van der Waals surface area (Å²) >= 11 is 0. The lowest BCUT2D eigenvalue weighted by Crippen LogP contribution is -2.04. The molecule has 0 saturated carbocycles. The molecule has 0 radical (unpaired) electrons. The number of fused-ring (bicyclic) bond motifs is 1. The van der Waals surface area contributed by atoms with Gasteiger partial charge in [-0.2, -0.15) is 8.42 Å². The molecule has 1 unspecified atom stereocenters. The summed E-state index contributed by atoms with van der Waals surface area (Å²) in [5.41, 5.74) is 4.64. The van der Waals surface area contributed by atoms with Crippen molar-refractivity contribution in [2.24, 2.45) is 0 Å². The molecule has 3 rings (SSSR count). The van der Waals surface area contributed by atoms with Gasteiger partial charge in [0.2, 0.25) is 0 Å². The summed E-state index contributed by atoms with van der Waals surface area (Å²) in [6.07, 6.45) is 1.99. The van der Waals surface area contributed by atoms with Crippen LogP contribution in [0.3, 0.4) is 0 Å². The van der Waals surface area contributed by atoms with Gasteiger partial charge in [0, 0.05) is 5.92 Å². The van der Waals surface area contributed by atoms with Crippen molar-refractivity contribution in [3.05, 3.63) is 64.7 Å². The highest BCUT2D eigenvalue weighted by Crippen LogP contribution is 2.39. The summed E-state index contributed by atoms with van der Waals surface area (Å²) in [5, 5.41) is 0. The van der Waals surface area contributed by atoms with Gasteiger partial charge in [0.1, 0.15) is 0 Å². The zero-order chi connectivity index (χ0) is 14.3. The molecule has 1 aliphatic rings. The third-order valence-corrected chi connectivity index (χ3v) is 4.91. The van der Waals surface area contributed by atoms with Crippen LogP contribution in [0.25, 0.3) is 0 Å². The van der Waals surface area contributed by atoms with Crippen molar-refractivity contribution in [1.29, 1.82) is 0 Å². The van der Waals surface area contributed by atoms with Crippen LogP contribution in [-0.2, 0) is 16.5 Å². The molecule has 4 heteroatoms. The van der Waals surface area contributed by atoms with Crippen LogP contribution in [0.1, 0.15) is 34.6 Å². The Hall–Kier alpha value is -1.65. The number of aryl methyl sites for hydroxylation is 2. The molecule has 104 valence electrons. The first kappa shape index (κ1) is 13.3. The molecule has 0 aliphatic heterocycles. The van der Waals surface area contributed by atoms with E-state index in [9.17, 15) is 13.0 Å². The zero-order valence-corrected chi connectivity index (χ0v) is 12.0. The largest absolute Gasteiger partial charge is 0.294 e. The molecule has 0 heterocycles. The molecule has 0 aromatic heterocycles. The Labute approximate surface area is 119 Å².